The summed E-state index contributed by atoms with van der Waals surface area (Å²) in [6.45, 7) is 4.42. The first kappa shape index (κ1) is 21.6. The molecule has 2 aliphatic carbocycles. The summed E-state index contributed by atoms with van der Waals surface area (Å²) in [7, 11) is 2.15. The number of pyridine rings is 1. The lowest BCUT2D eigenvalue weighted by atomic mass is 9.82. The fourth-order valence-electron chi connectivity index (χ4n) is 6.91. The first-order chi connectivity index (χ1) is 16.6. The molecule has 0 amide bonds. The third-order valence-electron chi connectivity index (χ3n) is 8.78. The molecular weight excluding hydrogens is 410 g/mol. The Balaban J connectivity index is 1.34. The molecule has 2 unspecified atom stereocenters. The number of aromatic nitrogens is 1. The van der Waals surface area contributed by atoms with E-state index in [-0.39, 0.29) is 0 Å². The van der Waals surface area contributed by atoms with E-state index >= 15 is 0 Å². The fourth-order valence-corrected chi connectivity index (χ4v) is 6.91. The van der Waals surface area contributed by atoms with Gasteiger partial charge in [-0.25, -0.2) is 4.57 Å². The van der Waals surface area contributed by atoms with Crippen LogP contribution >= 0.6 is 0 Å². The Morgan fingerprint density at radius 2 is 1.41 bits per heavy atom. The van der Waals surface area contributed by atoms with Crippen molar-refractivity contribution < 1.29 is 4.57 Å². The second kappa shape index (κ2) is 8.69. The van der Waals surface area contributed by atoms with E-state index in [1.165, 1.54) is 82.8 Å². The average molecular weight is 447 g/mol. The first-order valence-corrected chi connectivity index (χ1v) is 13.2. The summed E-state index contributed by atoms with van der Waals surface area (Å²) in [5.41, 5.74) is 9.38. The van der Waals surface area contributed by atoms with Crippen LogP contribution in [0.5, 0.6) is 0 Å². The summed E-state index contributed by atoms with van der Waals surface area (Å²) >= 11 is 0. The lowest BCUT2D eigenvalue weighted by Gasteiger charge is -2.24. The third kappa shape index (κ3) is 3.86. The maximum atomic E-state index is 2.48. The van der Waals surface area contributed by atoms with E-state index in [4.69, 9.17) is 0 Å². The van der Waals surface area contributed by atoms with Gasteiger partial charge in [-0.3, -0.25) is 0 Å². The second-order valence-corrected chi connectivity index (χ2v) is 11.0. The smallest absolute Gasteiger partial charge is 0.201 e. The van der Waals surface area contributed by atoms with Crippen LogP contribution in [0, 0.1) is 25.7 Å². The summed E-state index contributed by atoms with van der Waals surface area (Å²) in [5, 5.41) is 2.73. The molecule has 4 aromatic rings. The molecule has 2 atom stereocenters. The van der Waals surface area contributed by atoms with Crippen LogP contribution in [0.3, 0.4) is 0 Å². The molecule has 1 nitrogen and oxygen atoms in total. The number of benzene rings is 3. The molecule has 6 rings (SSSR count). The molecular formula is C33H36N+. The van der Waals surface area contributed by atoms with Gasteiger partial charge < -0.3 is 0 Å². The van der Waals surface area contributed by atoms with Gasteiger partial charge in [0.1, 0.15) is 7.05 Å². The van der Waals surface area contributed by atoms with Gasteiger partial charge in [-0.1, -0.05) is 74.2 Å². The van der Waals surface area contributed by atoms with Crippen molar-refractivity contribution in [2.45, 2.75) is 58.3 Å². The number of aryl methyl sites for hydroxylation is 3. The Hall–Kier alpha value is -2.93. The molecule has 2 fully saturated rings. The monoisotopic (exact) mass is 446 g/mol. The van der Waals surface area contributed by atoms with Gasteiger partial charge in [-0.2, -0.15) is 0 Å². The SMILES string of the molecule is Cc1c[n+](C)c(-c2ccccc2C)cc1-c1ccc2cc(C3CC4CCCCC4C3)ccc2c1. The van der Waals surface area contributed by atoms with Crippen molar-refractivity contribution in [1.82, 2.24) is 0 Å². The zero-order valence-corrected chi connectivity index (χ0v) is 20.9. The van der Waals surface area contributed by atoms with Crippen LogP contribution in [0.2, 0.25) is 0 Å². The predicted octanol–water partition coefficient (Wildman–Crippen LogP) is 8.30. The van der Waals surface area contributed by atoms with Crippen LogP contribution in [0.4, 0.5) is 0 Å². The van der Waals surface area contributed by atoms with Crippen molar-refractivity contribution in [3.63, 3.8) is 0 Å². The molecule has 0 N–H and O–H groups in total. The molecule has 172 valence electrons. The van der Waals surface area contributed by atoms with Crippen molar-refractivity contribution in [3.05, 3.63) is 89.6 Å². The van der Waals surface area contributed by atoms with E-state index in [0.29, 0.717) is 0 Å². The van der Waals surface area contributed by atoms with Crippen LogP contribution < -0.4 is 4.57 Å². The Labute approximate surface area is 204 Å². The molecule has 2 aliphatic rings. The molecule has 1 aromatic heterocycles. The fraction of sp³-hybridized carbons (Fsp3) is 0.364. The number of hydrogen-bond donors (Lipinski definition) is 0. The predicted molar refractivity (Wildman–Crippen MR) is 143 cm³/mol. The summed E-state index contributed by atoms with van der Waals surface area (Å²) in [6.07, 6.45) is 10.9. The highest BCUT2D eigenvalue weighted by Crippen LogP contribution is 2.49. The van der Waals surface area contributed by atoms with Crippen molar-refractivity contribution in [2.24, 2.45) is 18.9 Å². The Bertz CT molecular complexity index is 1350. The lowest BCUT2D eigenvalue weighted by molar-refractivity contribution is -0.660. The minimum Gasteiger partial charge on any atom is -0.201 e. The normalized spacial score (nSPS) is 22.1. The molecule has 1 heterocycles. The van der Waals surface area contributed by atoms with E-state index in [1.807, 2.05) is 0 Å². The molecule has 1 heteroatoms. The van der Waals surface area contributed by atoms with Gasteiger partial charge in [0.05, 0.1) is 0 Å². The molecule has 0 bridgehead atoms. The first-order valence-electron chi connectivity index (χ1n) is 13.2. The van der Waals surface area contributed by atoms with Crippen LogP contribution in [0.15, 0.2) is 72.9 Å². The van der Waals surface area contributed by atoms with Crippen LogP contribution in [0.1, 0.15) is 61.1 Å². The van der Waals surface area contributed by atoms with E-state index < -0.39 is 0 Å². The zero-order valence-electron chi connectivity index (χ0n) is 20.9. The standard InChI is InChI=1S/C33H36N/c1-22-8-4-7-11-31(22)33-20-32(23(2)21-34(33)3)29-15-14-26-16-28(13-12-27(26)17-29)30-18-24-9-5-6-10-25(24)19-30/h4,7-8,11-17,20-21,24-25,30H,5-6,9-10,18-19H2,1-3H3/q+1. The topological polar surface area (TPSA) is 3.88 Å². The zero-order chi connectivity index (χ0) is 23.2. The minimum atomic E-state index is 0.769. The maximum absolute atomic E-state index is 2.48. The highest BCUT2D eigenvalue weighted by Gasteiger charge is 2.36. The second-order valence-electron chi connectivity index (χ2n) is 11.0. The Morgan fingerprint density at radius 3 is 2.18 bits per heavy atom. The molecule has 3 aromatic carbocycles. The van der Waals surface area contributed by atoms with Crippen LogP contribution in [-0.2, 0) is 7.05 Å². The minimum absolute atomic E-state index is 0.769. The number of nitrogens with zero attached hydrogens (tertiary/aromatic N) is 1. The molecule has 0 radical (unpaired) electrons. The quantitative estimate of drug-likeness (QED) is 0.279. The summed E-state index contributed by atoms with van der Waals surface area (Å²) in [6, 6.07) is 25.4. The summed E-state index contributed by atoms with van der Waals surface area (Å²) in [5.74, 6) is 2.74. The van der Waals surface area contributed by atoms with E-state index in [9.17, 15) is 0 Å². The largest absolute Gasteiger partial charge is 0.213 e. The molecule has 34 heavy (non-hydrogen) atoms. The van der Waals surface area contributed by atoms with Gasteiger partial charge in [0.2, 0.25) is 5.69 Å². The highest BCUT2D eigenvalue weighted by molar-refractivity contribution is 5.88. The molecule has 0 aliphatic heterocycles. The van der Waals surface area contributed by atoms with Gasteiger partial charge in [-0.15, -0.1) is 0 Å². The number of rotatable bonds is 3. The molecule has 2 saturated carbocycles. The van der Waals surface area contributed by atoms with Crippen LogP contribution in [-0.4, -0.2) is 0 Å². The lowest BCUT2D eigenvalue weighted by Crippen LogP contribution is -2.31. The van der Waals surface area contributed by atoms with Gasteiger partial charge in [-0.05, 0) is 89.6 Å². The van der Waals surface area contributed by atoms with Crippen molar-refractivity contribution in [2.75, 3.05) is 0 Å². The summed E-state index contributed by atoms with van der Waals surface area (Å²) in [4.78, 5) is 0. The number of hydrogen-bond acceptors (Lipinski definition) is 0. The Kier molecular flexibility index (Phi) is 5.52. The van der Waals surface area contributed by atoms with E-state index in [0.717, 1.165) is 17.8 Å². The van der Waals surface area contributed by atoms with Crippen LogP contribution in [0.25, 0.3) is 33.2 Å². The van der Waals surface area contributed by atoms with Crippen molar-refractivity contribution in [1.29, 1.82) is 0 Å². The van der Waals surface area contributed by atoms with Crippen molar-refractivity contribution in [3.8, 4) is 22.4 Å². The third-order valence-corrected chi connectivity index (χ3v) is 8.78. The van der Waals surface area contributed by atoms with Gasteiger partial charge in [0, 0.05) is 17.2 Å². The highest BCUT2D eigenvalue weighted by atomic mass is 14.9. The van der Waals surface area contributed by atoms with Gasteiger partial charge in [0.25, 0.3) is 0 Å². The molecule has 0 saturated heterocycles. The van der Waals surface area contributed by atoms with E-state index in [1.54, 1.807) is 5.56 Å². The van der Waals surface area contributed by atoms with Gasteiger partial charge in [0.15, 0.2) is 6.20 Å². The average Bonchev–Trinajstić information content (AvgIpc) is 3.29. The summed E-state index contributed by atoms with van der Waals surface area (Å²) < 4.78 is 2.26. The molecule has 0 spiro atoms. The number of fused-ring (bicyclic) bond motifs is 2. The van der Waals surface area contributed by atoms with Gasteiger partial charge >= 0.3 is 0 Å². The van der Waals surface area contributed by atoms with Crippen molar-refractivity contribution >= 4 is 10.8 Å². The Morgan fingerprint density at radius 1 is 0.706 bits per heavy atom. The maximum Gasteiger partial charge on any atom is 0.213 e. The van der Waals surface area contributed by atoms with E-state index in [2.05, 4.69) is 98.4 Å².